The molecule has 43 heavy (non-hydrogen) atoms. The van der Waals surface area contributed by atoms with Crippen molar-refractivity contribution in [3.05, 3.63) is 42.1 Å². The van der Waals surface area contributed by atoms with Crippen LogP contribution in [-0.2, 0) is 38.1 Å². The Bertz CT molecular complexity index is 1100. The van der Waals surface area contributed by atoms with Crippen LogP contribution >= 0.6 is 0 Å². The van der Waals surface area contributed by atoms with Crippen LogP contribution in [0.15, 0.2) is 36.6 Å². The summed E-state index contributed by atoms with van der Waals surface area (Å²) in [5.41, 5.74) is 4.46. The van der Waals surface area contributed by atoms with E-state index in [2.05, 4.69) is 27.0 Å². The van der Waals surface area contributed by atoms with E-state index in [9.17, 15) is 19.2 Å². The van der Waals surface area contributed by atoms with Gasteiger partial charge in [-0.2, -0.15) is 0 Å². The molecule has 0 bridgehead atoms. The van der Waals surface area contributed by atoms with Crippen molar-refractivity contribution in [3.63, 3.8) is 0 Å². The second kappa shape index (κ2) is 18.7. The first-order valence-electron chi connectivity index (χ1n) is 14.1. The monoisotopic (exact) mass is 602 g/mol. The Kier molecular flexibility index (Phi) is 14.6. The second-order valence-electron chi connectivity index (χ2n) is 10.2. The van der Waals surface area contributed by atoms with E-state index < -0.39 is 0 Å². The smallest absolute Gasteiger partial charge is 0.294 e. The number of hydrogen-bond acceptors (Lipinski definition) is 13. The molecule has 14 nitrogen and oxygen atoms in total. The van der Waals surface area contributed by atoms with Crippen LogP contribution in [0.4, 0.5) is 11.4 Å². The number of ether oxygens (including phenoxy) is 4. The average Bonchev–Trinajstić information content (AvgIpc) is 3.10. The van der Waals surface area contributed by atoms with Crippen LogP contribution in [0.1, 0.15) is 12.5 Å². The molecule has 0 saturated carbocycles. The van der Waals surface area contributed by atoms with Crippen molar-refractivity contribution < 1.29 is 38.1 Å². The third-order valence-corrected chi connectivity index (χ3v) is 7.06. The minimum Gasteiger partial charge on any atom is -0.452 e. The Hall–Kier alpha value is -3.82. The Morgan fingerprint density at radius 2 is 1.53 bits per heavy atom. The van der Waals surface area contributed by atoms with Gasteiger partial charge in [0.1, 0.15) is 20.2 Å². The van der Waals surface area contributed by atoms with Gasteiger partial charge < -0.3 is 29.6 Å². The van der Waals surface area contributed by atoms with Crippen molar-refractivity contribution in [1.29, 1.82) is 0 Å². The van der Waals surface area contributed by atoms with Crippen LogP contribution < -0.4 is 10.6 Å². The molecule has 0 spiro atoms. The SMILES string of the molecule is C=C1C=C(C)c2ccc(NC(=O)CN(CCN3CCOCCN(CCN(COC=O)COC=O)CC3)COC=O)cc2N1. The van der Waals surface area contributed by atoms with Crippen LogP contribution in [0.5, 0.6) is 0 Å². The van der Waals surface area contributed by atoms with Gasteiger partial charge >= 0.3 is 0 Å². The first kappa shape index (κ1) is 33.7. The summed E-state index contributed by atoms with van der Waals surface area (Å²) < 4.78 is 20.4. The number of fused-ring (bicyclic) bond motifs is 1. The van der Waals surface area contributed by atoms with Gasteiger partial charge in [0, 0.05) is 75.0 Å². The molecule has 14 heteroatoms. The van der Waals surface area contributed by atoms with Gasteiger partial charge in [-0.1, -0.05) is 12.6 Å². The fourth-order valence-electron chi connectivity index (χ4n) is 4.79. The van der Waals surface area contributed by atoms with E-state index in [0.29, 0.717) is 64.5 Å². The molecule has 2 aliphatic heterocycles. The largest absolute Gasteiger partial charge is 0.452 e. The molecular formula is C29H42N6O8. The van der Waals surface area contributed by atoms with Crippen molar-refractivity contribution in [3.8, 4) is 0 Å². The topological polar surface area (TPSA) is 142 Å². The van der Waals surface area contributed by atoms with Crippen LogP contribution in [0.2, 0.25) is 0 Å². The molecule has 1 aromatic rings. The number of allylic oxidation sites excluding steroid dienone is 2. The molecule has 3 rings (SSSR count). The molecular weight excluding hydrogens is 560 g/mol. The number of carbonyl (C=O) groups excluding carboxylic acids is 4. The van der Waals surface area contributed by atoms with Crippen LogP contribution in [0, 0.1) is 0 Å². The van der Waals surface area contributed by atoms with E-state index in [-0.39, 0.29) is 32.6 Å². The van der Waals surface area contributed by atoms with Gasteiger partial charge in [0.2, 0.25) is 5.91 Å². The summed E-state index contributed by atoms with van der Waals surface area (Å²) in [5, 5.41) is 6.16. The summed E-state index contributed by atoms with van der Waals surface area (Å²) in [6.07, 6.45) is 1.97. The van der Waals surface area contributed by atoms with Gasteiger partial charge in [-0.15, -0.1) is 0 Å². The minimum absolute atomic E-state index is 0.00943. The fraction of sp³-hybridized carbons (Fsp3) is 0.517. The quantitative estimate of drug-likeness (QED) is 0.138. The number of carbonyl (C=O) groups is 4. The fourth-order valence-corrected chi connectivity index (χ4v) is 4.79. The van der Waals surface area contributed by atoms with E-state index >= 15 is 0 Å². The average molecular weight is 603 g/mol. The lowest BCUT2D eigenvalue weighted by atomic mass is 10.0. The maximum absolute atomic E-state index is 12.9. The molecule has 0 aromatic heterocycles. The second-order valence-corrected chi connectivity index (χ2v) is 10.2. The van der Waals surface area contributed by atoms with Crippen molar-refractivity contribution in [2.24, 2.45) is 0 Å². The number of rotatable bonds is 18. The molecule has 0 atom stereocenters. The summed E-state index contributed by atoms with van der Waals surface area (Å²) >= 11 is 0. The Balaban J connectivity index is 1.51. The maximum Gasteiger partial charge on any atom is 0.294 e. The van der Waals surface area contributed by atoms with E-state index in [1.807, 2.05) is 31.2 Å². The zero-order chi connectivity index (χ0) is 30.9. The summed E-state index contributed by atoms with van der Waals surface area (Å²) in [5.74, 6) is -0.225. The normalized spacial score (nSPS) is 16.2. The summed E-state index contributed by atoms with van der Waals surface area (Å²) in [6, 6.07) is 5.68. The number of hydrogen-bond donors (Lipinski definition) is 2. The molecule has 236 valence electrons. The summed E-state index contributed by atoms with van der Waals surface area (Å²) in [6.45, 7) is 13.6. The van der Waals surface area contributed by atoms with Crippen LogP contribution in [0.25, 0.3) is 5.57 Å². The van der Waals surface area contributed by atoms with E-state index in [0.717, 1.165) is 48.7 Å². The Labute approximate surface area is 252 Å². The Morgan fingerprint density at radius 3 is 2.14 bits per heavy atom. The predicted octanol–water partition coefficient (Wildman–Crippen LogP) is 0.597. The molecule has 2 aliphatic rings. The molecule has 0 unspecified atom stereocenters. The van der Waals surface area contributed by atoms with Gasteiger partial charge in [0.05, 0.1) is 19.8 Å². The maximum atomic E-state index is 12.9. The van der Waals surface area contributed by atoms with E-state index in [1.54, 1.807) is 9.80 Å². The minimum atomic E-state index is -0.225. The first-order chi connectivity index (χ1) is 20.9. The zero-order valence-corrected chi connectivity index (χ0v) is 24.7. The van der Waals surface area contributed by atoms with Crippen molar-refractivity contribution in [1.82, 2.24) is 19.6 Å². The number of nitrogens with zero attached hydrogens (tertiary/aromatic N) is 4. The highest BCUT2D eigenvalue weighted by Crippen LogP contribution is 2.32. The molecule has 0 radical (unpaired) electrons. The molecule has 1 aromatic carbocycles. The first-order valence-corrected chi connectivity index (χ1v) is 14.1. The van der Waals surface area contributed by atoms with Crippen molar-refractivity contribution in [2.45, 2.75) is 6.92 Å². The van der Waals surface area contributed by atoms with Gasteiger partial charge in [0.25, 0.3) is 19.4 Å². The highest BCUT2D eigenvalue weighted by atomic mass is 16.6. The van der Waals surface area contributed by atoms with E-state index in [4.69, 9.17) is 18.9 Å². The van der Waals surface area contributed by atoms with Gasteiger partial charge in [-0.05, 0) is 30.7 Å². The van der Waals surface area contributed by atoms with Gasteiger partial charge in [0.15, 0.2) is 0 Å². The van der Waals surface area contributed by atoms with E-state index in [1.165, 1.54) is 0 Å². The summed E-state index contributed by atoms with van der Waals surface area (Å²) in [4.78, 5) is 52.9. The molecule has 1 fully saturated rings. The molecule has 1 amide bonds. The summed E-state index contributed by atoms with van der Waals surface area (Å²) in [7, 11) is 0. The predicted molar refractivity (Wildman–Crippen MR) is 160 cm³/mol. The lowest BCUT2D eigenvalue weighted by Gasteiger charge is -2.29. The molecule has 1 saturated heterocycles. The standard InChI is InChI=1S/C29H42N6O8/c1-24-15-25(2)30-28-16-26(3-4-27(24)28)31-29(39)17-34(18-41-21-36)9-7-32-5-6-33(12-14-40-13-11-32)8-10-35(19-42-22-37)20-43-23-38/h3-4,15-16,21-23,30H,2,5-14,17-20H2,1H3,(H,31,39). The lowest BCUT2D eigenvalue weighted by molar-refractivity contribution is -0.141. The molecule has 0 aliphatic carbocycles. The number of benzene rings is 1. The van der Waals surface area contributed by atoms with Crippen molar-refractivity contribution >= 4 is 42.3 Å². The number of amides is 1. The third-order valence-electron chi connectivity index (χ3n) is 7.06. The number of nitrogens with one attached hydrogen (secondary N) is 2. The Morgan fingerprint density at radius 1 is 0.953 bits per heavy atom. The van der Waals surface area contributed by atoms with Gasteiger partial charge in [-0.25, -0.2) is 4.90 Å². The zero-order valence-electron chi connectivity index (χ0n) is 24.7. The van der Waals surface area contributed by atoms with Crippen LogP contribution in [-0.4, -0.2) is 137 Å². The van der Waals surface area contributed by atoms with Crippen LogP contribution in [0.3, 0.4) is 0 Å². The van der Waals surface area contributed by atoms with Crippen molar-refractivity contribution in [2.75, 3.05) is 103 Å². The molecule has 2 N–H and O–H groups in total. The highest BCUT2D eigenvalue weighted by Gasteiger charge is 2.18. The van der Waals surface area contributed by atoms with Gasteiger partial charge in [-0.3, -0.25) is 33.9 Å². The highest BCUT2D eigenvalue weighted by molar-refractivity contribution is 5.94. The third kappa shape index (κ3) is 12.1. The lowest BCUT2D eigenvalue weighted by Crippen LogP contribution is -2.44. The molecule has 2 heterocycles. The number of anilines is 2.